The molecule has 0 atom stereocenters. The first-order valence-electron chi connectivity index (χ1n) is 7.86. The van der Waals surface area contributed by atoms with Crippen LogP contribution in [0.15, 0.2) is 45.7 Å². The van der Waals surface area contributed by atoms with Crippen molar-refractivity contribution in [3.63, 3.8) is 0 Å². The fourth-order valence-electron chi connectivity index (χ4n) is 2.66. The number of ether oxygens (including phenoxy) is 1. The SMILES string of the molecule is CCOC(=O)Cc1ccc2c(c1)oc1ccc(S(=O)(=O)N(C)C)cc12. The van der Waals surface area contributed by atoms with Gasteiger partial charge in [-0.2, -0.15) is 0 Å². The Kier molecular flexibility index (Phi) is 4.53. The molecule has 0 amide bonds. The second kappa shape index (κ2) is 6.50. The van der Waals surface area contributed by atoms with Crippen molar-refractivity contribution in [2.24, 2.45) is 0 Å². The average molecular weight is 361 g/mol. The molecule has 7 heteroatoms. The molecule has 3 rings (SSSR count). The van der Waals surface area contributed by atoms with Crippen molar-refractivity contribution >= 4 is 37.9 Å². The second-order valence-corrected chi connectivity index (χ2v) is 8.01. The Morgan fingerprint density at radius 3 is 2.52 bits per heavy atom. The molecular formula is C18H19NO5S. The fraction of sp³-hybridized carbons (Fsp3) is 0.278. The molecule has 0 aliphatic carbocycles. The third-order valence-electron chi connectivity index (χ3n) is 3.94. The summed E-state index contributed by atoms with van der Waals surface area (Å²) < 4.78 is 36.6. The minimum atomic E-state index is -3.51. The van der Waals surface area contributed by atoms with Crippen LogP contribution in [0, 0.1) is 0 Å². The molecule has 0 fully saturated rings. The Bertz CT molecular complexity index is 1050. The Labute approximate surface area is 146 Å². The molecule has 0 bridgehead atoms. The quantitative estimate of drug-likeness (QED) is 0.653. The minimum absolute atomic E-state index is 0.168. The van der Waals surface area contributed by atoms with Gasteiger partial charge in [0.15, 0.2) is 0 Å². The van der Waals surface area contributed by atoms with Gasteiger partial charge in [-0.3, -0.25) is 4.79 Å². The summed E-state index contributed by atoms with van der Waals surface area (Å²) in [6.07, 6.45) is 0.168. The molecule has 0 aliphatic heterocycles. The summed E-state index contributed by atoms with van der Waals surface area (Å²) >= 11 is 0. The topological polar surface area (TPSA) is 76.8 Å². The summed E-state index contributed by atoms with van der Waals surface area (Å²) in [5, 5.41) is 1.53. The predicted molar refractivity (Wildman–Crippen MR) is 94.9 cm³/mol. The molecule has 2 aromatic carbocycles. The van der Waals surface area contributed by atoms with Gasteiger partial charge in [-0.15, -0.1) is 0 Å². The molecule has 0 saturated carbocycles. The van der Waals surface area contributed by atoms with E-state index in [1.54, 1.807) is 25.1 Å². The van der Waals surface area contributed by atoms with Gasteiger partial charge in [0.25, 0.3) is 0 Å². The van der Waals surface area contributed by atoms with Crippen molar-refractivity contribution in [3.05, 3.63) is 42.0 Å². The van der Waals surface area contributed by atoms with E-state index in [0.717, 1.165) is 16.3 Å². The van der Waals surface area contributed by atoms with Gasteiger partial charge in [0.2, 0.25) is 10.0 Å². The number of carbonyl (C=O) groups is 1. The van der Waals surface area contributed by atoms with Gasteiger partial charge < -0.3 is 9.15 Å². The van der Waals surface area contributed by atoms with Gasteiger partial charge in [-0.1, -0.05) is 12.1 Å². The normalized spacial score (nSPS) is 12.2. The van der Waals surface area contributed by atoms with Crippen LogP contribution in [0.5, 0.6) is 0 Å². The van der Waals surface area contributed by atoms with E-state index in [2.05, 4.69) is 0 Å². The molecular weight excluding hydrogens is 342 g/mol. The number of esters is 1. The lowest BCUT2D eigenvalue weighted by molar-refractivity contribution is -0.142. The highest BCUT2D eigenvalue weighted by Gasteiger charge is 2.19. The molecule has 0 aliphatic rings. The van der Waals surface area contributed by atoms with E-state index in [1.165, 1.54) is 24.5 Å². The lowest BCUT2D eigenvalue weighted by Crippen LogP contribution is -2.22. The Morgan fingerprint density at radius 2 is 1.84 bits per heavy atom. The smallest absolute Gasteiger partial charge is 0.310 e. The Morgan fingerprint density at radius 1 is 1.08 bits per heavy atom. The number of benzene rings is 2. The predicted octanol–water partition coefficient (Wildman–Crippen LogP) is 2.94. The van der Waals surface area contributed by atoms with Crippen molar-refractivity contribution < 1.29 is 22.4 Å². The minimum Gasteiger partial charge on any atom is -0.466 e. The first-order chi connectivity index (χ1) is 11.8. The van der Waals surface area contributed by atoms with Gasteiger partial charge >= 0.3 is 5.97 Å². The lowest BCUT2D eigenvalue weighted by atomic mass is 10.1. The number of hydrogen-bond donors (Lipinski definition) is 0. The van der Waals surface area contributed by atoms with Crippen LogP contribution in [0.3, 0.4) is 0 Å². The summed E-state index contributed by atoms with van der Waals surface area (Å²) in [4.78, 5) is 11.8. The van der Waals surface area contributed by atoms with Crippen LogP contribution in [0.25, 0.3) is 21.9 Å². The van der Waals surface area contributed by atoms with Crippen LogP contribution in [0.1, 0.15) is 12.5 Å². The monoisotopic (exact) mass is 361 g/mol. The second-order valence-electron chi connectivity index (χ2n) is 5.86. The maximum Gasteiger partial charge on any atom is 0.310 e. The van der Waals surface area contributed by atoms with Crippen molar-refractivity contribution in [2.75, 3.05) is 20.7 Å². The Hall–Kier alpha value is -2.38. The number of nitrogens with zero attached hydrogens (tertiary/aromatic N) is 1. The van der Waals surface area contributed by atoms with Gasteiger partial charge in [0, 0.05) is 24.9 Å². The van der Waals surface area contributed by atoms with Crippen LogP contribution in [0.2, 0.25) is 0 Å². The standard InChI is InChI=1S/C18H19NO5S/c1-4-23-18(20)10-12-5-7-14-15-11-13(25(21,22)19(2)3)6-8-16(15)24-17(14)9-12/h5-9,11H,4,10H2,1-3H3. The first kappa shape index (κ1) is 17.4. The van der Waals surface area contributed by atoms with Crippen molar-refractivity contribution in [2.45, 2.75) is 18.2 Å². The molecule has 1 aromatic heterocycles. The van der Waals surface area contributed by atoms with Crippen molar-refractivity contribution in [3.8, 4) is 0 Å². The van der Waals surface area contributed by atoms with Crippen LogP contribution in [-0.2, 0) is 26.0 Å². The molecule has 6 nitrogen and oxygen atoms in total. The summed E-state index contributed by atoms with van der Waals surface area (Å²) in [7, 11) is -0.525. The van der Waals surface area contributed by atoms with Crippen LogP contribution in [-0.4, -0.2) is 39.4 Å². The maximum atomic E-state index is 12.3. The van der Waals surface area contributed by atoms with Gasteiger partial charge in [0.1, 0.15) is 11.2 Å². The van der Waals surface area contributed by atoms with E-state index < -0.39 is 10.0 Å². The van der Waals surface area contributed by atoms with E-state index in [1.807, 2.05) is 12.1 Å². The number of carbonyl (C=O) groups excluding carboxylic acids is 1. The lowest BCUT2D eigenvalue weighted by Gasteiger charge is -2.10. The highest BCUT2D eigenvalue weighted by molar-refractivity contribution is 7.89. The fourth-order valence-corrected chi connectivity index (χ4v) is 3.59. The van der Waals surface area contributed by atoms with Crippen LogP contribution >= 0.6 is 0 Å². The zero-order valence-corrected chi connectivity index (χ0v) is 15.1. The Balaban J connectivity index is 2.07. The van der Waals surface area contributed by atoms with E-state index in [4.69, 9.17) is 9.15 Å². The van der Waals surface area contributed by atoms with E-state index in [0.29, 0.717) is 17.8 Å². The third kappa shape index (κ3) is 3.25. The maximum absolute atomic E-state index is 12.3. The van der Waals surface area contributed by atoms with E-state index in [9.17, 15) is 13.2 Å². The van der Waals surface area contributed by atoms with Crippen molar-refractivity contribution in [1.82, 2.24) is 4.31 Å². The molecule has 0 radical (unpaired) electrons. The first-order valence-corrected chi connectivity index (χ1v) is 9.30. The highest BCUT2D eigenvalue weighted by atomic mass is 32.2. The summed E-state index contributed by atoms with van der Waals surface area (Å²) in [6, 6.07) is 10.2. The van der Waals surface area contributed by atoms with Crippen LogP contribution in [0.4, 0.5) is 0 Å². The summed E-state index contributed by atoms with van der Waals surface area (Å²) in [6.45, 7) is 2.11. The average Bonchev–Trinajstić information content (AvgIpc) is 2.91. The van der Waals surface area contributed by atoms with E-state index in [-0.39, 0.29) is 17.3 Å². The van der Waals surface area contributed by atoms with Crippen molar-refractivity contribution in [1.29, 1.82) is 0 Å². The van der Waals surface area contributed by atoms with Crippen LogP contribution < -0.4 is 0 Å². The molecule has 0 spiro atoms. The molecule has 1 heterocycles. The number of furan rings is 1. The molecule has 0 N–H and O–H groups in total. The largest absolute Gasteiger partial charge is 0.466 e. The highest BCUT2D eigenvalue weighted by Crippen LogP contribution is 2.31. The van der Waals surface area contributed by atoms with Gasteiger partial charge in [0.05, 0.1) is 17.9 Å². The zero-order chi connectivity index (χ0) is 18.2. The molecule has 3 aromatic rings. The van der Waals surface area contributed by atoms with E-state index >= 15 is 0 Å². The third-order valence-corrected chi connectivity index (χ3v) is 5.75. The number of sulfonamides is 1. The molecule has 132 valence electrons. The zero-order valence-electron chi connectivity index (χ0n) is 14.3. The summed E-state index contributed by atoms with van der Waals surface area (Å²) in [5.41, 5.74) is 1.99. The molecule has 0 unspecified atom stereocenters. The van der Waals surface area contributed by atoms with Gasteiger partial charge in [-0.25, -0.2) is 12.7 Å². The molecule has 0 saturated heterocycles. The number of fused-ring (bicyclic) bond motifs is 3. The van der Waals surface area contributed by atoms with Gasteiger partial charge in [-0.05, 0) is 36.8 Å². The summed E-state index contributed by atoms with van der Waals surface area (Å²) in [5.74, 6) is -0.294. The molecule has 25 heavy (non-hydrogen) atoms. The number of hydrogen-bond acceptors (Lipinski definition) is 5. The number of rotatable bonds is 5.